The fourth-order valence-corrected chi connectivity index (χ4v) is 3.50. The minimum Gasteiger partial charge on any atom is -0.426 e. The van der Waals surface area contributed by atoms with Gasteiger partial charge in [-0.1, -0.05) is 18.2 Å². The molecule has 0 unspecified atom stereocenters. The normalized spacial score (nSPS) is 14.2. The van der Waals surface area contributed by atoms with Crippen molar-refractivity contribution >= 4 is 20.0 Å². The molecule has 0 aliphatic rings. The molecule has 5 nitrogen and oxygen atoms in total. The van der Waals surface area contributed by atoms with Crippen LogP contribution in [-0.2, 0) is 20.0 Å². The number of hydrogen-bond acceptors (Lipinski definition) is 4. The van der Waals surface area contributed by atoms with Gasteiger partial charge in [-0.05, 0) is 12.1 Å². The first-order valence-corrected chi connectivity index (χ1v) is 7.43. The van der Waals surface area contributed by atoms with Crippen LogP contribution in [0.1, 0.15) is 0 Å². The topological polar surface area (TPSA) is 82.4 Å². The number of sulfonamides is 2. The van der Waals surface area contributed by atoms with Gasteiger partial charge < -0.3 is 4.13 Å². The number of alkyl halides is 5. The third-order valence-corrected chi connectivity index (χ3v) is 5.21. The Morgan fingerprint density at radius 1 is 0.850 bits per heavy atom. The van der Waals surface area contributed by atoms with Crippen molar-refractivity contribution in [3.05, 3.63) is 34.5 Å². The average Bonchev–Trinajstić information content (AvgIpc) is 2.27. The van der Waals surface area contributed by atoms with Crippen molar-refractivity contribution in [3.63, 3.8) is 0 Å². The smallest absolute Gasteiger partial charge is 0.426 e. The summed E-state index contributed by atoms with van der Waals surface area (Å²) in [5.41, 5.74) is 0. The molecule has 0 saturated heterocycles. The van der Waals surface area contributed by atoms with E-state index >= 15 is 0 Å². The average molecular weight is 338 g/mol. The number of benzene rings is 1. The predicted molar refractivity (Wildman–Crippen MR) is 56.9 cm³/mol. The van der Waals surface area contributed by atoms with E-state index in [2.05, 4.69) is 0 Å². The molecule has 12 heteroatoms. The van der Waals surface area contributed by atoms with Gasteiger partial charge >= 0.3 is 11.4 Å². The Morgan fingerprint density at radius 3 is 1.70 bits per heavy atom. The molecule has 1 aromatic rings. The van der Waals surface area contributed by atoms with Crippen molar-refractivity contribution in [2.24, 2.45) is 0 Å². The molecule has 0 radical (unpaired) electrons. The first-order chi connectivity index (χ1) is 8.81. The van der Waals surface area contributed by atoms with E-state index in [-0.39, 0.29) is 0 Å². The lowest BCUT2D eigenvalue weighted by Crippen LogP contribution is -2.43. The maximum Gasteiger partial charge on any atom is 0.467 e. The fraction of sp³-hybridized carbons (Fsp3) is 0.250. The van der Waals surface area contributed by atoms with Crippen LogP contribution < -0.4 is 0 Å². The highest BCUT2D eigenvalue weighted by atomic mass is 32.3. The van der Waals surface area contributed by atoms with E-state index < -0.39 is 36.4 Å². The van der Waals surface area contributed by atoms with Crippen LogP contribution in [0.5, 0.6) is 0 Å². The van der Waals surface area contributed by atoms with E-state index in [1.807, 2.05) is 0 Å². The van der Waals surface area contributed by atoms with Crippen LogP contribution in [0.15, 0.2) is 35.2 Å². The minimum atomic E-state index is -6.64. The van der Waals surface area contributed by atoms with Crippen molar-refractivity contribution in [1.82, 2.24) is 0 Å². The van der Waals surface area contributed by atoms with Gasteiger partial charge in [0, 0.05) is 4.90 Å². The maximum atomic E-state index is 12.7. The van der Waals surface area contributed by atoms with Gasteiger partial charge in [-0.3, -0.25) is 0 Å². The van der Waals surface area contributed by atoms with Gasteiger partial charge in [-0.25, -0.2) is 16.8 Å². The Morgan fingerprint density at radius 2 is 1.30 bits per heavy atom. The summed E-state index contributed by atoms with van der Waals surface area (Å²) in [7, 11) is -11.8. The Kier molecular flexibility index (Phi) is 4.14. The number of rotatable bonds is 4. The molecule has 0 saturated carbocycles. The van der Waals surface area contributed by atoms with E-state index in [1.165, 1.54) is 6.07 Å². The predicted octanol–water partition coefficient (Wildman–Crippen LogP) is 2.23. The summed E-state index contributed by atoms with van der Waals surface area (Å²) < 4.78 is 107. The van der Waals surface area contributed by atoms with Crippen molar-refractivity contribution in [2.45, 2.75) is 16.3 Å². The Balaban J connectivity index is 3.23. The molecule has 0 aliphatic carbocycles. The van der Waals surface area contributed by atoms with Crippen LogP contribution in [-0.4, -0.2) is 28.3 Å². The van der Waals surface area contributed by atoms with Crippen LogP contribution in [0.4, 0.5) is 22.0 Å². The molecule has 0 amide bonds. The lowest BCUT2D eigenvalue weighted by atomic mass is 10.4. The van der Waals surface area contributed by atoms with Crippen molar-refractivity contribution in [2.75, 3.05) is 0 Å². The first kappa shape index (κ1) is 16.8. The molecule has 0 atom stereocenters. The van der Waals surface area contributed by atoms with E-state index in [0.717, 1.165) is 24.3 Å². The first-order valence-electron chi connectivity index (χ1n) is 4.55. The molecule has 1 aromatic carbocycles. The summed E-state index contributed by atoms with van der Waals surface area (Å²) in [6, 6.07) is 5.12. The maximum absolute atomic E-state index is 12.7. The van der Waals surface area contributed by atoms with Crippen LogP contribution in [0.25, 0.3) is 4.13 Å². The Labute approximate surface area is 110 Å². The van der Waals surface area contributed by atoms with Crippen LogP contribution in [0.2, 0.25) is 0 Å². The van der Waals surface area contributed by atoms with Crippen LogP contribution >= 0.6 is 0 Å². The van der Waals surface area contributed by atoms with E-state index in [1.54, 1.807) is 4.13 Å². The number of hydrogen-bond donors (Lipinski definition) is 0. The van der Waals surface area contributed by atoms with Crippen LogP contribution in [0, 0.1) is 0 Å². The summed E-state index contributed by atoms with van der Waals surface area (Å²) in [4.78, 5) is -0.832. The summed E-state index contributed by atoms with van der Waals surface area (Å²) in [5, 5.41) is -6.30. The molecule has 0 aliphatic heterocycles. The molecule has 20 heavy (non-hydrogen) atoms. The quantitative estimate of drug-likeness (QED) is 0.788. The van der Waals surface area contributed by atoms with Gasteiger partial charge in [0.05, 0.1) is 0 Å². The van der Waals surface area contributed by atoms with E-state index in [0.29, 0.717) is 0 Å². The largest absolute Gasteiger partial charge is 0.467 e. The molecule has 0 aromatic heterocycles. The van der Waals surface area contributed by atoms with Crippen molar-refractivity contribution < 1.29 is 38.8 Å². The molecule has 1 rings (SSSR count). The second-order valence-electron chi connectivity index (χ2n) is 3.35. The Bertz CT molecular complexity index is 681. The van der Waals surface area contributed by atoms with Crippen molar-refractivity contribution in [3.8, 4) is 0 Å². The summed E-state index contributed by atoms with van der Waals surface area (Å²) in [5.74, 6) is 0. The minimum absolute atomic E-state index is 0.792. The molecule has 0 heterocycles. The molecular formula is C8H5F5NO4S2-. The second-order valence-corrected chi connectivity index (χ2v) is 6.83. The van der Waals surface area contributed by atoms with Gasteiger partial charge in [0.1, 0.15) is 10.0 Å². The highest BCUT2D eigenvalue weighted by Crippen LogP contribution is 2.43. The molecule has 0 N–H and O–H groups in total. The Hall–Kier alpha value is -1.27. The highest BCUT2D eigenvalue weighted by molar-refractivity contribution is 8.12. The SMILES string of the molecule is O=S(=O)([N-]S(=O)(=O)C(F)(F)C(F)(F)F)c1ccccc1. The fourth-order valence-electron chi connectivity index (χ4n) is 0.958. The van der Waals surface area contributed by atoms with Gasteiger partial charge in [-0.15, -0.1) is 0 Å². The molecule has 0 bridgehead atoms. The molecule has 114 valence electrons. The standard InChI is InChI=1S/C8H5F5NO4S2/c9-7(10,11)8(12,13)20(17,18)14-19(15,16)6-4-2-1-3-5-6/h1-5H/q-1. The van der Waals surface area contributed by atoms with E-state index in [4.69, 9.17) is 0 Å². The zero-order valence-electron chi connectivity index (χ0n) is 9.17. The lowest BCUT2D eigenvalue weighted by molar-refractivity contribution is -0.240. The molecule has 0 fully saturated rings. The van der Waals surface area contributed by atoms with Gasteiger partial charge in [-0.2, -0.15) is 22.0 Å². The summed E-state index contributed by atoms with van der Waals surface area (Å²) in [6.45, 7) is 0. The molecule has 0 spiro atoms. The summed E-state index contributed by atoms with van der Waals surface area (Å²) in [6.07, 6.45) is -6.48. The second kappa shape index (κ2) is 4.93. The number of halogens is 5. The zero-order valence-corrected chi connectivity index (χ0v) is 10.8. The molecular weight excluding hydrogens is 333 g/mol. The van der Waals surface area contributed by atoms with Crippen LogP contribution in [0.3, 0.4) is 0 Å². The third kappa shape index (κ3) is 3.07. The zero-order chi connectivity index (χ0) is 15.8. The lowest BCUT2D eigenvalue weighted by Gasteiger charge is -2.28. The van der Waals surface area contributed by atoms with Gasteiger partial charge in [0.15, 0.2) is 10.0 Å². The van der Waals surface area contributed by atoms with E-state index in [9.17, 15) is 38.8 Å². The van der Waals surface area contributed by atoms with Gasteiger partial charge in [0.2, 0.25) is 0 Å². The van der Waals surface area contributed by atoms with Gasteiger partial charge in [0.25, 0.3) is 0 Å². The monoisotopic (exact) mass is 338 g/mol. The van der Waals surface area contributed by atoms with Crippen molar-refractivity contribution in [1.29, 1.82) is 0 Å². The highest BCUT2D eigenvalue weighted by Gasteiger charge is 2.64. The number of nitrogens with zero attached hydrogens (tertiary/aromatic N) is 1. The summed E-state index contributed by atoms with van der Waals surface area (Å²) >= 11 is 0. The third-order valence-electron chi connectivity index (χ3n) is 1.89.